The van der Waals surface area contributed by atoms with Crippen LogP contribution in [0.4, 0.5) is 5.69 Å². The molecule has 0 heterocycles. The average Bonchev–Trinajstić information content (AvgIpc) is 2.81. The third-order valence-corrected chi connectivity index (χ3v) is 8.60. The number of anilines is 1. The molecular formula is C27H31ClN2O3S2. The van der Waals surface area contributed by atoms with E-state index in [1.54, 1.807) is 42.1 Å². The smallest absolute Gasteiger partial charge is 0.264 e. The van der Waals surface area contributed by atoms with Gasteiger partial charge >= 0.3 is 0 Å². The Morgan fingerprint density at radius 2 is 1.69 bits per heavy atom. The third-order valence-electron chi connectivity index (χ3n) is 5.47. The lowest BCUT2D eigenvalue weighted by Gasteiger charge is -2.26. The number of sulfonamides is 1. The van der Waals surface area contributed by atoms with E-state index in [0.717, 1.165) is 45.2 Å². The van der Waals surface area contributed by atoms with Gasteiger partial charge < -0.3 is 5.32 Å². The molecule has 3 aromatic carbocycles. The highest BCUT2D eigenvalue weighted by molar-refractivity contribution is 7.98. The third kappa shape index (κ3) is 7.75. The minimum Gasteiger partial charge on any atom is -0.354 e. The van der Waals surface area contributed by atoms with Crippen molar-refractivity contribution in [1.29, 1.82) is 0 Å². The first kappa shape index (κ1) is 27.1. The van der Waals surface area contributed by atoms with Gasteiger partial charge in [0.15, 0.2) is 0 Å². The molecule has 0 atom stereocenters. The molecule has 0 unspecified atom stereocenters. The zero-order valence-corrected chi connectivity index (χ0v) is 22.6. The van der Waals surface area contributed by atoms with Crippen molar-refractivity contribution < 1.29 is 13.2 Å². The van der Waals surface area contributed by atoms with Crippen LogP contribution in [0, 0.1) is 20.8 Å². The summed E-state index contributed by atoms with van der Waals surface area (Å²) in [5.41, 5.74) is 4.35. The van der Waals surface area contributed by atoms with Crippen molar-refractivity contribution in [3.05, 3.63) is 94.0 Å². The summed E-state index contributed by atoms with van der Waals surface area (Å²) < 4.78 is 28.3. The highest BCUT2D eigenvalue weighted by atomic mass is 35.5. The van der Waals surface area contributed by atoms with E-state index < -0.39 is 10.0 Å². The first-order valence-corrected chi connectivity index (χ1v) is 14.4. The van der Waals surface area contributed by atoms with Gasteiger partial charge in [-0.1, -0.05) is 53.6 Å². The van der Waals surface area contributed by atoms with Crippen LogP contribution in [0.5, 0.6) is 0 Å². The number of thioether (sulfide) groups is 1. The van der Waals surface area contributed by atoms with E-state index >= 15 is 0 Å². The molecule has 186 valence electrons. The van der Waals surface area contributed by atoms with E-state index in [0.29, 0.717) is 12.2 Å². The van der Waals surface area contributed by atoms with E-state index in [2.05, 4.69) is 5.32 Å². The topological polar surface area (TPSA) is 66.5 Å². The van der Waals surface area contributed by atoms with E-state index in [9.17, 15) is 13.2 Å². The zero-order valence-electron chi connectivity index (χ0n) is 20.3. The summed E-state index contributed by atoms with van der Waals surface area (Å²) in [6.07, 6.45) is 0.783. The highest BCUT2D eigenvalue weighted by Crippen LogP contribution is 2.28. The van der Waals surface area contributed by atoms with Crippen LogP contribution >= 0.6 is 23.4 Å². The van der Waals surface area contributed by atoms with Crippen molar-refractivity contribution >= 4 is 45.0 Å². The van der Waals surface area contributed by atoms with Crippen LogP contribution in [0.25, 0.3) is 0 Å². The van der Waals surface area contributed by atoms with Crippen LogP contribution in [0.1, 0.15) is 28.7 Å². The Bertz CT molecular complexity index is 1260. The Morgan fingerprint density at radius 1 is 0.971 bits per heavy atom. The lowest BCUT2D eigenvalue weighted by molar-refractivity contribution is -0.119. The van der Waals surface area contributed by atoms with Gasteiger partial charge in [0.1, 0.15) is 6.54 Å². The molecule has 0 radical (unpaired) electrons. The van der Waals surface area contributed by atoms with Crippen LogP contribution in [0.15, 0.2) is 71.6 Å². The Hall–Kier alpha value is -2.48. The van der Waals surface area contributed by atoms with Gasteiger partial charge in [-0.2, -0.15) is 11.8 Å². The number of halogens is 1. The molecule has 8 heteroatoms. The largest absolute Gasteiger partial charge is 0.354 e. The van der Waals surface area contributed by atoms with E-state index in [-0.39, 0.29) is 17.3 Å². The standard InChI is InChI=1S/C27H31ClN2O3S2/c1-20-9-12-25(13-10-20)35(32,33)30(26-16-21(2)8-11-22(26)3)18-27(31)29-14-5-15-34-19-23-6-4-7-24(28)17-23/h4,6-13,16-17H,5,14-15,18-19H2,1-3H3,(H,29,31). The fraction of sp³-hybridized carbons (Fsp3) is 0.296. The average molecular weight is 531 g/mol. The molecule has 0 saturated carbocycles. The molecule has 0 fully saturated rings. The number of rotatable bonds is 11. The van der Waals surface area contributed by atoms with E-state index in [1.807, 2.05) is 57.2 Å². The predicted octanol–water partition coefficient (Wildman–Crippen LogP) is 5.90. The van der Waals surface area contributed by atoms with Crippen molar-refractivity contribution in [2.24, 2.45) is 0 Å². The fourth-order valence-electron chi connectivity index (χ4n) is 3.53. The van der Waals surface area contributed by atoms with Crippen molar-refractivity contribution in [2.75, 3.05) is 23.1 Å². The lowest BCUT2D eigenvalue weighted by atomic mass is 10.1. The van der Waals surface area contributed by atoms with Gasteiger partial charge in [0, 0.05) is 17.3 Å². The maximum absolute atomic E-state index is 13.6. The Labute approximate surface area is 217 Å². The molecule has 3 rings (SSSR count). The number of nitrogens with one attached hydrogen (secondary N) is 1. The predicted molar refractivity (Wildman–Crippen MR) is 147 cm³/mol. The molecule has 1 N–H and O–H groups in total. The molecule has 0 aliphatic carbocycles. The van der Waals surface area contributed by atoms with Gasteiger partial charge in [0.2, 0.25) is 5.91 Å². The molecule has 0 aliphatic rings. The second kappa shape index (κ2) is 12.5. The van der Waals surface area contributed by atoms with Gasteiger partial charge in [-0.15, -0.1) is 0 Å². The summed E-state index contributed by atoms with van der Waals surface area (Å²) in [7, 11) is -3.92. The van der Waals surface area contributed by atoms with Crippen LogP contribution in [-0.2, 0) is 20.6 Å². The molecule has 35 heavy (non-hydrogen) atoms. The second-order valence-corrected chi connectivity index (χ2v) is 11.9. The van der Waals surface area contributed by atoms with Gasteiger partial charge in [-0.05, 0) is 80.0 Å². The van der Waals surface area contributed by atoms with Crippen LogP contribution in [0.2, 0.25) is 5.02 Å². The Balaban J connectivity index is 1.63. The Morgan fingerprint density at radius 3 is 2.40 bits per heavy atom. The number of nitrogens with zero attached hydrogens (tertiary/aromatic N) is 1. The number of hydrogen-bond acceptors (Lipinski definition) is 4. The maximum Gasteiger partial charge on any atom is 0.264 e. The number of benzene rings is 3. The first-order valence-electron chi connectivity index (χ1n) is 11.4. The molecule has 0 spiro atoms. The minimum absolute atomic E-state index is 0.161. The summed E-state index contributed by atoms with van der Waals surface area (Å²) in [5.74, 6) is 1.39. The van der Waals surface area contributed by atoms with E-state index in [4.69, 9.17) is 11.6 Å². The Kier molecular flexibility index (Phi) is 9.66. The van der Waals surface area contributed by atoms with Gasteiger partial charge in [-0.3, -0.25) is 9.10 Å². The summed E-state index contributed by atoms with van der Waals surface area (Å²) >= 11 is 7.79. The highest BCUT2D eigenvalue weighted by Gasteiger charge is 2.28. The molecule has 0 saturated heterocycles. The SMILES string of the molecule is Cc1ccc(S(=O)(=O)N(CC(=O)NCCCSCc2cccc(Cl)c2)c2cc(C)ccc2C)cc1. The van der Waals surface area contributed by atoms with Crippen LogP contribution in [-0.4, -0.2) is 33.2 Å². The van der Waals surface area contributed by atoms with Gasteiger partial charge in [0.25, 0.3) is 10.0 Å². The molecule has 5 nitrogen and oxygen atoms in total. The number of hydrogen-bond donors (Lipinski definition) is 1. The zero-order chi connectivity index (χ0) is 25.4. The summed E-state index contributed by atoms with van der Waals surface area (Å²) in [6, 6.07) is 20.1. The number of carbonyl (C=O) groups is 1. The molecule has 0 aliphatic heterocycles. The number of aryl methyl sites for hydroxylation is 3. The monoisotopic (exact) mass is 530 g/mol. The van der Waals surface area contributed by atoms with Crippen molar-refractivity contribution in [3.63, 3.8) is 0 Å². The molecule has 0 aromatic heterocycles. The van der Waals surface area contributed by atoms with Gasteiger partial charge in [0.05, 0.1) is 10.6 Å². The second-order valence-electron chi connectivity index (χ2n) is 8.50. The molecule has 0 bridgehead atoms. The van der Waals surface area contributed by atoms with E-state index in [1.165, 1.54) is 4.31 Å². The minimum atomic E-state index is -3.92. The first-order chi connectivity index (χ1) is 16.7. The van der Waals surface area contributed by atoms with Gasteiger partial charge in [-0.25, -0.2) is 8.42 Å². The summed E-state index contributed by atoms with van der Waals surface area (Å²) in [4.78, 5) is 13.0. The fourth-order valence-corrected chi connectivity index (χ4v) is 6.13. The molecule has 1 amide bonds. The maximum atomic E-state index is 13.6. The number of carbonyl (C=O) groups excluding carboxylic acids is 1. The lowest BCUT2D eigenvalue weighted by Crippen LogP contribution is -2.41. The van der Waals surface area contributed by atoms with Crippen LogP contribution in [0.3, 0.4) is 0 Å². The summed E-state index contributed by atoms with van der Waals surface area (Å²) in [6.45, 7) is 5.85. The molecular weight excluding hydrogens is 500 g/mol. The van der Waals surface area contributed by atoms with Crippen molar-refractivity contribution in [3.8, 4) is 0 Å². The van der Waals surface area contributed by atoms with Crippen molar-refractivity contribution in [1.82, 2.24) is 5.32 Å². The van der Waals surface area contributed by atoms with Crippen molar-refractivity contribution in [2.45, 2.75) is 37.8 Å². The summed E-state index contributed by atoms with van der Waals surface area (Å²) in [5, 5.41) is 3.60. The number of amides is 1. The van der Waals surface area contributed by atoms with Crippen LogP contribution < -0.4 is 9.62 Å². The molecule has 3 aromatic rings. The quantitative estimate of drug-likeness (QED) is 0.313. The normalized spacial score (nSPS) is 11.3.